The van der Waals surface area contributed by atoms with Gasteiger partial charge in [0.05, 0.1) is 6.10 Å². The maximum absolute atomic E-state index is 13.8. The summed E-state index contributed by atoms with van der Waals surface area (Å²) in [5, 5.41) is 10.5. The third-order valence-electron chi connectivity index (χ3n) is 3.35. The fraction of sp³-hybridized carbons (Fsp3) is 0.200. The molecule has 5 heteroatoms. The zero-order valence-corrected chi connectivity index (χ0v) is 11.1. The van der Waals surface area contributed by atoms with Crippen LogP contribution in [0.2, 0.25) is 5.02 Å². The highest BCUT2D eigenvalue weighted by molar-refractivity contribution is 6.30. The lowest BCUT2D eigenvalue weighted by molar-refractivity contribution is 0.0636. The Balaban J connectivity index is 2.00. The van der Waals surface area contributed by atoms with E-state index in [2.05, 4.69) is 0 Å². The summed E-state index contributed by atoms with van der Waals surface area (Å²) in [6.45, 7) is 0. The summed E-state index contributed by atoms with van der Waals surface area (Å²) < 4.78 is 32.7. The number of halogens is 3. The first-order valence-corrected chi connectivity index (χ1v) is 6.51. The van der Waals surface area contributed by atoms with Gasteiger partial charge in [0.2, 0.25) is 0 Å². The standard InChI is InChI=1S/C15H11ClF2O2/c16-8-1-4-12(18)11(5-8)15-7-13(19)10-3-2-9(17)6-14(10)20-15/h1-6,13,15,19H,7H2/t13-,15?/m0/s1. The van der Waals surface area contributed by atoms with Crippen LogP contribution >= 0.6 is 11.6 Å². The molecule has 0 saturated carbocycles. The molecule has 0 aliphatic carbocycles. The Morgan fingerprint density at radius 1 is 1.10 bits per heavy atom. The van der Waals surface area contributed by atoms with Gasteiger partial charge < -0.3 is 9.84 Å². The molecule has 2 aromatic rings. The topological polar surface area (TPSA) is 29.5 Å². The fourth-order valence-corrected chi connectivity index (χ4v) is 2.55. The zero-order valence-electron chi connectivity index (χ0n) is 10.3. The number of aliphatic hydroxyl groups excluding tert-OH is 1. The highest BCUT2D eigenvalue weighted by Gasteiger charge is 2.30. The second kappa shape index (κ2) is 5.04. The third-order valence-corrected chi connectivity index (χ3v) is 3.58. The van der Waals surface area contributed by atoms with Crippen molar-refractivity contribution in [1.29, 1.82) is 0 Å². The first kappa shape index (κ1) is 13.3. The molecule has 0 saturated heterocycles. The number of ether oxygens (including phenoxy) is 1. The van der Waals surface area contributed by atoms with Gasteiger partial charge in [-0.05, 0) is 30.3 Å². The second-order valence-corrected chi connectivity index (χ2v) is 5.14. The molecule has 104 valence electrons. The van der Waals surface area contributed by atoms with Crippen molar-refractivity contribution in [2.75, 3.05) is 0 Å². The summed E-state index contributed by atoms with van der Waals surface area (Å²) in [5.74, 6) is -0.706. The average Bonchev–Trinajstić information content (AvgIpc) is 2.41. The van der Waals surface area contributed by atoms with Crippen LogP contribution in [0.5, 0.6) is 5.75 Å². The number of hydrogen-bond donors (Lipinski definition) is 1. The van der Waals surface area contributed by atoms with Gasteiger partial charge in [-0.15, -0.1) is 0 Å². The van der Waals surface area contributed by atoms with E-state index in [0.717, 1.165) is 0 Å². The molecule has 1 N–H and O–H groups in total. The van der Waals surface area contributed by atoms with E-state index >= 15 is 0 Å². The van der Waals surface area contributed by atoms with Gasteiger partial charge in [0.15, 0.2) is 0 Å². The minimum atomic E-state index is -0.831. The van der Waals surface area contributed by atoms with Crippen molar-refractivity contribution in [3.05, 3.63) is 64.2 Å². The summed E-state index contributed by atoms with van der Waals surface area (Å²) in [7, 11) is 0. The predicted octanol–water partition coefficient (Wildman–Crippen LogP) is 4.18. The first-order valence-electron chi connectivity index (χ1n) is 6.13. The molecule has 1 heterocycles. The smallest absolute Gasteiger partial charge is 0.130 e. The van der Waals surface area contributed by atoms with E-state index in [9.17, 15) is 13.9 Å². The van der Waals surface area contributed by atoms with Crippen LogP contribution in [0.15, 0.2) is 36.4 Å². The van der Waals surface area contributed by atoms with Crippen molar-refractivity contribution >= 4 is 11.6 Å². The van der Waals surface area contributed by atoms with Crippen LogP contribution in [0.4, 0.5) is 8.78 Å². The van der Waals surface area contributed by atoms with Crippen LogP contribution in [0.1, 0.15) is 29.8 Å². The lowest BCUT2D eigenvalue weighted by Gasteiger charge is -2.30. The highest BCUT2D eigenvalue weighted by Crippen LogP contribution is 2.41. The number of benzene rings is 2. The number of rotatable bonds is 1. The van der Waals surface area contributed by atoms with E-state index < -0.39 is 23.8 Å². The maximum atomic E-state index is 13.8. The molecule has 20 heavy (non-hydrogen) atoms. The van der Waals surface area contributed by atoms with E-state index in [1.54, 1.807) is 0 Å². The van der Waals surface area contributed by atoms with E-state index in [4.69, 9.17) is 16.3 Å². The van der Waals surface area contributed by atoms with Crippen molar-refractivity contribution in [1.82, 2.24) is 0 Å². The van der Waals surface area contributed by atoms with Crippen LogP contribution in [0, 0.1) is 11.6 Å². The van der Waals surface area contributed by atoms with E-state index in [1.165, 1.54) is 36.4 Å². The summed E-state index contributed by atoms with van der Waals surface area (Å²) >= 11 is 5.85. The molecule has 1 aliphatic heterocycles. The Kier molecular flexibility index (Phi) is 3.36. The van der Waals surface area contributed by atoms with Gasteiger partial charge >= 0.3 is 0 Å². The molecule has 2 nitrogen and oxygen atoms in total. The van der Waals surface area contributed by atoms with E-state index in [1.807, 2.05) is 0 Å². The minimum absolute atomic E-state index is 0.190. The Morgan fingerprint density at radius 2 is 1.90 bits per heavy atom. The largest absolute Gasteiger partial charge is 0.485 e. The van der Waals surface area contributed by atoms with E-state index in [-0.39, 0.29) is 17.7 Å². The molecule has 2 aromatic carbocycles. The zero-order chi connectivity index (χ0) is 14.3. The Morgan fingerprint density at radius 3 is 2.70 bits per heavy atom. The predicted molar refractivity (Wildman–Crippen MR) is 70.8 cm³/mol. The molecule has 2 atom stereocenters. The second-order valence-electron chi connectivity index (χ2n) is 4.71. The van der Waals surface area contributed by atoms with Gasteiger partial charge in [-0.1, -0.05) is 11.6 Å². The van der Waals surface area contributed by atoms with E-state index in [0.29, 0.717) is 10.6 Å². The van der Waals surface area contributed by atoms with Gasteiger partial charge in [-0.2, -0.15) is 0 Å². The molecule has 1 unspecified atom stereocenters. The van der Waals surface area contributed by atoms with Crippen LogP contribution in [-0.2, 0) is 0 Å². The number of aliphatic hydroxyl groups is 1. The number of hydrogen-bond acceptors (Lipinski definition) is 2. The summed E-state index contributed by atoms with van der Waals surface area (Å²) in [6.07, 6.45) is -1.34. The van der Waals surface area contributed by atoms with Crippen molar-refractivity contribution in [2.45, 2.75) is 18.6 Å². The molecule has 3 rings (SSSR count). The van der Waals surface area contributed by atoms with Crippen molar-refractivity contribution in [3.63, 3.8) is 0 Å². The summed E-state index contributed by atoms with van der Waals surface area (Å²) in [5.41, 5.74) is 0.761. The molecule has 0 bridgehead atoms. The number of fused-ring (bicyclic) bond motifs is 1. The first-order chi connectivity index (χ1) is 9.54. The van der Waals surface area contributed by atoms with Crippen molar-refractivity contribution in [2.24, 2.45) is 0 Å². The van der Waals surface area contributed by atoms with Crippen LogP contribution in [-0.4, -0.2) is 5.11 Å². The van der Waals surface area contributed by atoms with Gasteiger partial charge in [-0.3, -0.25) is 0 Å². The van der Waals surface area contributed by atoms with Crippen LogP contribution in [0.3, 0.4) is 0 Å². The van der Waals surface area contributed by atoms with Gasteiger partial charge in [-0.25, -0.2) is 8.78 Å². The average molecular weight is 297 g/mol. The normalized spacial score (nSPS) is 21.2. The molecule has 0 radical (unpaired) electrons. The van der Waals surface area contributed by atoms with Crippen molar-refractivity contribution in [3.8, 4) is 5.75 Å². The monoisotopic (exact) mass is 296 g/mol. The quantitative estimate of drug-likeness (QED) is 0.855. The molecule has 1 aliphatic rings. The SMILES string of the molecule is O[C@H]1CC(c2cc(Cl)ccc2F)Oc2cc(F)ccc21. The Labute approximate surface area is 119 Å². The summed E-state index contributed by atoms with van der Waals surface area (Å²) in [6, 6.07) is 8.05. The summed E-state index contributed by atoms with van der Waals surface area (Å²) in [4.78, 5) is 0. The van der Waals surface area contributed by atoms with Gasteiger partial charge in [0.25, 0.3) is 0 Å². The molecule has 0 aromatic heterocycles. The minimum Gasteiger partial charge on any atom is -0.485 e. The lowest BCUT2D eigenvalue weighted by Crippen LogP contribution is -2.20. The third kappa shape index (κ3) is 2.37. The fourth-order valence-electron chi connectivity index (χ4n) is 2.37. The molecular formula is C15H11ClF2O2. The maximum Gasteiger partial charge on any atom is 0.130 e. The van der Waals surface area contributed by atoms with Gasteiger partial charge in [0.1, 0.15) is 23.5 Å². The Hall–Kier alpha value is -1.65. The highest BCUT2D eigenvalue weighted by atomic mass is 35.5. The molecule has 0 spiro atoms. The van der Waals surface area contributed by atoms with Crippen molar-refractivity contribution < 1.29 is 18.6 Å². The van der Waals surface area contributed by atoms with Crippen LogP contribution < -0.4 is 4.74 Å². The molecular weight excluding hydrogens is 286 g/mol. The van der Waals surface area contributed by atoms with Crippen LogP contribution in [0.25, 0.3) is 0 Å². The lowest BCUT2D eigenvalue weighted by atomic mass is 9.95. The van der Waals surface area contributed by atoms with Gasteiger partial charge in [0, 0.05) is 28.6 Å². The molecule has 0 fully saturated rings. The molecule has 0 amide bonds. The Bertz CT molecular complexity index is 660.